The summed E-state index contributed by atoms with van der Waals surface area (Å²) in [7, 11) is 1.66. The molecular formula is C23H31N5O3. The Labute approximate surface area is 183 Å². The number of hydrogen-bond donors (Lipinski definition) is 0. The number of nitrogens with zero attached hydrogens (tertiary/aromatic N) is 5. The first-order chi connectivity index (χ1) is 15.1. The molecule has 31 heavy (non-hydrogen) atoms. The molecule has 0 radical (unpaired) electrons. The number of piperazine rings is 1. The maximum atomic E-state index is 12.8. The summed E-state index contributed by atoms with van der Waals surface area (Å²) in [6.07, 6.45) is 6.72. The summed E-state index contributed by atoms with van der Waals surface area (Å²) in [6, 6.07) is 7.98. The van der Waals surface area contributed by atoms with Crippen LogP contribution in [-0.4, -0.2) is 78.0 Å². The summed E-state index contributed by atoms with van der Waals surface area (Å²) in [5, 5.41) is 0. The standard InChI is InChI=1S/C23H31N5O3/c1-3-4-12-28(23(30)21-18-24-10-11-25-21)13-9-22(29)27-16-14-26(15-17-27)19-5-7-20(31-2)8-6-19/h5-8,10-11,18H,3-4,9,12-17H2,1-2H3. The Kier molecular flexibility index (Phi) is 8.20. The molecule has 3 rings (SSSR count). The molecule has 0 unspecified atom stereocenters. The predicted molar refractivity (Wildman–Crippen MR) is 119 cm³/mol. The maximum Gasteiger partial charge on any atom is 0.274 e. The Morgan fingerprint density at radius 1 is 1.06 bits per heavy atom. The minimum absolute atomic E-state index is 0.0859. The van der Waals surface area contributed by atoms with E-state index in [2.05, 4.69) is 21.8 Å². The highest BCUT2D eigenvalue weighted by molar-refractivity contribution is 5.92. The average Bonchev–Trinajstić information content (AvgIpc) is 2.84. The van der Waals surface area contributed by atoms with Crippen LogP contribution in [-0.2, 0) is 4.79 Å². The molecule has 0 atom stereocenters. The van der Waals surface area contributed by atoms with E-state index in [1.54, 1.807) is 18.2 Å². The predicted octanol–water partition coefficient (Wildman–Crippen LogP) is 2.47. The van der Waals surface area contributed by atoms with E-state index >= 15 is 0 Å². The summed E-state index contributed by atoms with van der Waals surface area (Å²) >= 11 is 0. The van der Waals surface area contributed by atoms with Crippen LogP contribution in [0.3, 0.4) is 0 Å². The second-order valence-electron chi connectivity index (χ2n) is 7.55. The van der Waals surface area contributed by atoms with Gasteiger partial charge in [-0.2, -0.15) is 0 Å². The van der Waals surface area contributed by atoms with Crippen molar-refractivity contribution in [3.63, 3.8) is 0 Å². The third-order valence-corrected chi connectivity index (χ3v) is 5.52. The van der Waals surface area contributed by atoms with Crippen molar-refractivity contribution in [2.24, 2.45) is 0 Å². The molecule has 0 aliphatic carbocycles. The van der Waals surface area contributed by atoms with Gasteiger partial charge in [-0.3, -0.25) is 14.6 Å². The summed E-state index contributed by atoms with van der Waals surface area (Å²) in [4.78, 5) is 39.5. The topological polar surface area (TPSA) is 78.9 Å². The van der Waals surface area contributed by atoms with Crippen LogP contribution in [0.25, 0.3) is 0 Å². The van der Waals surface area contributed by atoms with Crippen LogP contribution >= 0.6 is 0 Å². The summed E-state index contributed by atoms with van der Waals surface area (Å²) in [6.45, 7) is 6.03. The van der Waals surface area contributed by atoms with Gasteiger partial charge in [0.2, 0.25) is 5.91 Å². The fourth-order valence-corrected chi connectivity index (χ4v) is 3.63. The maximum absolute atomic E-state index is 12.8. The second-order valence-corrected chi connectivity index (χ2v) is 7.55. The summed E-state index contributed by atoms with van der Waals surface area (Å²) < 4.78 is 5.21. The minimum atomic E-state index is -0.168. The second kappa shape index (κ2) is 11.3. The fraction of sp³-hybridized carbons (Fsp3) is 0.478. The number of aromatic nitrogens is 2. The first-order valence-corrected chi connectivity index (χ1v) is 10.8. The van der Waals surface area contributed by atoms with Crippen molar-refractivity contribution in [3.8, 4) is 5.75 Å². The lowest BCUT2D eigenvalue weighted by molar-refractivity contribution is -0.131. The van der Waals surface area contributed by atoms with Crippen LogP contribution in [0.5, 0.6) is 5.75 Å². The molecule has 0 bridgehead atoms. The number of ether oxygens (including phenoxy) is 1. The SMILES string of the molecule is CCCCN(CCC(=O)N1CCN(c2ccc(OC)cc2)CC1)C(=O)c1cnccn1. The van der Waals surface area contributed by atoms with Gasteiger partial charge >= 0.3 is 0 Å². The van der Waals surface area contributed by atoms with E-state index in [0.717, 1.165) is 37.4 Å². The molecule has 166 valence electrons. The molecule has 2 amide bonds. The van der Waals surface area contributed by atoms with E-state index in [-0.39, 0.29) is 11.8 Å². The van der Waals surface area contributed by atoms with Crippen molar-refractivity contribution in [3.05, 3.63) is 48.5 Å². The minimum Gasteiger partial charge on any atom is -0.497 e. The molecule has 2 heterocycles. The number of anilines is 1. The first-order valence-electron chi connectivity index (χ1n) is 10.8. The molecule has 1 aliphatic rings. The molecule has 1 fully saturated rings. The van der Waals surface area contributed by atoms with Gasteiger partial charge in [-0.15, -0.1) is 0 Å². The van der Waals surface area contributed by atoms with Gasteiger partial charge in [-0.1, -0.05) is 13.3 Å². The van der Waals surface area contributed by atoms with E-state index < -0.39 is 0 Å². The Hall–Kier alpha value is -3.16. The van der Waals surface area contributed by atoms with Gasteiger partial charge in [0.15, 0.2) is 0 Å². The van der Waals surface area contributed by atoms with E-state index in [1.165, 1.54) is 12.4 Å². The lowest BCUT2D eigenvalue weighted by atomic mass is 10.2. The number of carbonyl (C=O) groups is 2. The van der Waals surface area contributed by atoms with Crippen LogP contribution < -0.4 is 9.64 Å². The Morgan fingerprint density at radius 2 is 1.81 bits per heavy atom. The number of amides is 2. The molecule has 1 saturated heterocycles. The highest BCUT2D eigenvalue weighted by Gasteiger charge is 2.23. The van der Waals surface area contributed by atoms with Gasteiger partial charge in [-0.05, 0) is 30.7 Å². The Morgan fingerprint density at radius 3 is 2.42 bits per heavy atom. The number of carbonyl (C=O) groups excluding carboxylic acids is 2. The van der Waals surface area contributed by atoms with Gasteiger partial charge in [-0.25, -0.2) is 4.98 Å². The molecule has 2 aromatic rings. The van der Waals surface area contributed by atoms with Gasteiger partial charge in [0.25, 0.3) is 5.91 Å². The zero-order chi connectivity index (χ0) is 22.1. The van der Waals surface area contributed by atoms with Gasteiger partial charge in [0, 0.05) is 63.8 Å². The zero-order valence-corrected chi connectivity index (χ0v) is 18.4. The molecular weight excluding hydrogens is 394 g/mol. The number of benzene rings is 1. The number of hydrogen-bond acceptors (Lipinski definition) is 6. The molecule has 1 aliphatic heterocycles. The van der Waals surface area contributed by atoms with Crippen molar-refractivity contribution in [2.45, 2.75) is 26.2 Å². The van der Waals surface area contributed by atoms with Crippen molar-refractivity contribution >= 4 is 17.5 Å². The molecule has 8 heteroatoms. The average molecular weight is 426 g/mol. The van der Waals surface area contributed by atoms with Crippen LogP contribution in [0.4, 0.5) is 5.69 Å². The smallest absolute Gasteiger partial charge is 0.274 e. The Balaban J connectivity index is 1.51. The van der Waals surface area contributed by atoms with Gasteiger partial charge in [0.1, 0.15) is 11.4 Å². The molecule has 0 N–H and O–H groups in total. The zero-order valence-electron chi connectivity index (χ0n) is 18.4. The molecule has 1 aromatic carbocycles. The molecule has 0 spiro atoms. The third-order valence-electron chi connectivity index (χ3n) is 5.52. The van der Waals surface area contributed by atoms with Gasteiger partial charge in [0.05, 0.1) is 13.3 Å². The van der Waals surface area contributed by atoms with Crippen LogP contribution in [0.1, 0.15) is 36.7 Å². The van der Waals surface area contributed by atoms with Crippen LogP contribution in [0.2, 0.25) is 0 Å². The summed E-state index contributed by atoms with van der Waals surface area (Å²) in [5.41, 5.74) is 1.45. The van der Waals surface area contributed by atoms with Crippen molar-refractivity contribution in [1.29, 1.82) is 0 Å². The van der Waals surface area contributed by atoms with Crippen LogP contribution in [0, 0.1) is 0 Å². The van der Waals surface area contributed by atoms with E-state index in [4.69, 9.17) is 4.74 Å². The number of unbranched alkanes of at least 4 members (excludes halogenated alkanes) is 1. The largest absolute Gasteiger partial charge is 0.497 e. The van der Waals surface area contributed by atoms with Crippen molar-refractivity contribution in [1.82, 2.24) is 19.8 Å². The van der Waals surface area contributed by atoms with Crippen LogP contribution in [0.15, 0.2) is 42.9 Å². The van der Waals surface area contributed by atoms with Crippen molar-refractivity contribution < 1.29 is 14.3 Å². The lowest BCUT2D eigenvalue weighted by Gasteiger charge is -2.36. The number of methoxy groups -OCH3 is 1. The van der Waals surface area contributed by atoms with E-state index in [9.17, 15) is 9.59 Å². The van der Waals surface area contributed by atoms with E-state index in [0.29, 0.717) is 38.3 Å². The van der Waals surface area contributed by atoms with Gasteiger partial charge < -0.3 is 19.4 Å². The molecule has 0 saturated carbocycles. The Bertz CT molecular complexity index is 836. The highest BCUT2D eigenvalue weighted by atomic mass is 16.5. The normalized spacial score (nSPS) is 13.7. The lowest BCUT2D eigenvalue weighted by Crippen LogP contribution is -2.49. The highest BCUT2D eigenvalue weighted by Crippen LogP contribution is 2.20. The number of rotatable bonds is 9. The monoisotopic (exact) mass is 425 g/mol. The third kappa shape index (κ3) is 6.16. The first kappa shape index (κ1) is 22.5. The molecule has 8 nitrogen and oxygen atoms in total. The van der Waals surface area contributed by atoms with E-state index in [1.807, 2.05) is 29.2 Å². The summed E-state index contributed by atoms with van der Waals surface area (Å²) in [5.74, 6) is 0.753. The van der Waals surface area contributed by atoms with Crippen molar-refractivity contribution in [2.75, 3.05) is 51.3 Å². The fourth-order valence-electron chi connectivity index (χ4n) is 3.63. The molecule has 1 aromatic heterocycles. The quantitative estimate of drug-likeness (QED) is 0.614.